The molecule has 1 aliphatic rings. The zero-order valence-electron chi connectivity index (χ0n) is 17.4. The smallest absolute Gasteiger partial charge is 0.244 e. The number of rotatable bonds is 8. The molecule has 0 spiro atoms. The van der Waals surface area contributed by atoms with Crippen LogP contribution in [0.25, 0.3) is 0 Å². The van der Waals surface area contributed by atoms with E-state index in [-0.39, 0.29) is 22.1 Å². The summed E-state index contributed by atoms with van der Waals surface area (Å²) in [4.78, 5) is 0.240. The van der Waals surface area contributed by atoms with Crippen LogP contribution < -0.4 is 9.46 Å². The van der Waals surface area contributed by atoms with Gasteiger partial charge in [-0.1, -0.05) is 36.6 Å². The van der Waals surface area contributed by atoms with Gasteiger partial charge in [-0.15, -0.1) is 0 Å². The Kier molecular flexibility index (Phi) is 7.98. The van der Waals surface area contributed by atoms with Crippen LogP contribution in [0.1, 0.15) is 31.2 Å². The van der Waals surface area contributed by atoms with E-state index in [2.05, 4.69) is 4.72 Å². The molecular weight excluding hydrogens is 460 g/mol. The second kappa shape index (κ2) is 10.3. The van der Waals surface area contributed by atoms with Crippen molar-refractivity contribution in [2.24, 2.45) is 0 Å². The largest absolute Gasteiger partial charge is 0.495 e. The Morgan fingerprint density at radius 2 is 1.61 bits per heavy atom. The molecule has 0 aliphatic carbocycles. The van der Waals surface area contributed by atoms with Crippen LogP contribution in [-0.2, 0) is 26.5 Å². The predicted octanol–water partition coefficient (Wildman–Crippen LogP) is 3.43. The van der Waals surface area contributed by atoms with Crippen molar-refractivity contribution in [3.63, 3.8) is 0 Å². The number of ether oxygens (including phenoxy) is 1. The van der Waals surface area contributed by atoms with Gasteiger partial charge in [-0.05, 0) is 55.2 Å². The Morgan fingerprint density at radius 1 is 0.968 bits per heavy atom. The van der Waals surface area contributed by atoms with Crippen molar-refractivity contribution in [3.05, 3.63) is 53.1 Å². The van der Waals surface area contributed by atoms with Crippen molar-refractivity contribution in [1.29, 1.82) is 0 Å². The Bertz CT molecular complexity index is 1100. The van der Waals surface area contributed by atoms with Gasteiger partial charge < -0.3 is 4.74 Å². The normalized spacial score (nSPS) is 16.1. The fourth-order valence-electron chi connectivity index (χ4n) is 3.53. The fraction of sp³-hybridized carbons (Fsp3) is 0.429. The van der Waals surface area contributed by atoms with Gasteiger partial charge in [0.1, 0.15) is 10.6 Å². The van der Waals surface area contributed by atoms with Gasteiger partial charge in [-0.3, -0.25) is 0 Å². The molecule has 7 nitrogen and oxygen atoms in total. The number of hydrogen-bond acceptors (Lipinski definition) is 5. The monoisotopic (exact) mass is 486 g/mol. The third-order valence-corrected chi connectivity index (χ3v) is 8.88. The van der Waals surface area contributed by atoms with Gasteiger partial charge in [0.05, 0.1) is 12.0 Å². The molecule has 170 valence electrons. The molecule has 0 aromatic heterocycles. The quantitative estimate of drug-likeness (QED) is 0.617. The molecule has 2 aromatic carbocycles. The van der Waals surface area contributed by atoms with Crippen LogP contribution in [0.4, 0.5) is 0 Å². The van der Waals surface area contributed by atoms with Crippen LogP contribution in [-0.4, -0.2) is 47.9 Å². The first kappa shape index (κ1) is 24.0. The molecular formula is C21H27ClN2O5S2. The zero-order chi connectivity index (χ0) is 22.5. The van der Waals surface area contributed by atoms with Crippen LogP contribution in [0, 0.1) is 0 Å². The number of benzene rings is 2. The third-order valence-electron chi connectivity index (χ3n) is 5.25. The second-order valence-corrected chi connectivity index (χ2v) is 11.5. The Labute approximate surface area is 189 Å². The van der Waals surface area contributed by atoms with E-state index in [9.17, 15) is 16.8 Å². The van der Waals surface area contributed by atoms with Crippen LogP contribution in [0.3, 0.4) is 0 Å². The van der Waals surface area contributed by atoms with E-state index in [0.717, 1.165) is 31.2 Å². The molecule has 0 amide bonds. The highest BCUT2D eigenvalue weighted by Crippen LogP contribution is 2.27. The van der Waals surface area contributed by atoms with E-state index in [1.807, 2.05) is 0 Å². The van der Waals surface area contributed by atoms with Gasteiger partial charge in [0.15, 0.2) is 0 Å². The maximum absolute atomic E-state index is 12.9. The highest BCUT2D eigenvalue weighted by atomic mass is 35.5. The summed E-state index contributed by atoms with van der Waals surface area (Å²) in [6, 6.07) is 11.0. The van der Waals surface area contributed by atoms with Gasteiger partial charge in [-0.2, -0.15) is 4.31 Å². The highest BCUT2D eigenvalue weighted by molar-refractivity contribution is 7.89. The molecule has 3 rings (SSSR count). The zero-order valence-corrected chi connectivity index (χ0v) is 19.8. The molecule has 1 heterocycles. The average molecular weight is 487 g/mol. The van der Waals surface area contributed by atoms with E-state index in [0.29, 0.717) is 24.5 Å². The minimum Gasteiger partial charge on any atom is -0.495 e. The first-order chi connectivity index (χ1) is 14.7. The molecule has 31 heavy (non-hydrogen) atoms. The number of methoxy groups -OCH3 is 1. The number of hydrogen-bond donors (Lipinski definition) is 1. The van der Waals surface area contributed by atoms with Gasteiger partial charge in [0.2, 0.25) is 20.0 Å². The van der Waals surface area contributed by atoms with Crippen LogP contribution in [0.5, 0.6) is 5.75 Å². The summed E-state index contributed by atoms with van der Waals surface area (Å²) in [5, 5.41) is 0.294. The molecule has 2 aromatic rings. The van der Waals surface area contributed by atoms with E-state index < -0.39 is 20.0 Å². The lowest BCUT2D eigenvalue weighted by atomic mass is 10.2. The van der Waals surface area contributed by atoms with E-state index >= 15 is 0 Å². The molecule has 0 saturated carbocycles. The molecule has 10 heteroatoms. The Balaban J connectivity index is 1.64. The molecule has 1 fully saturated rings. The standard InChI is InChI=1S/C21H27ClN2O5S2/c1-29-20-11-8-18(22)16-21(20)30(25,26)23-13-12-17-6-9-19(10-7-17)31(27,28)24-14-4-2-3-5-15-24/h6-11,16,23H,2-5,12-15H2,1H3. The van der Waals surface area contributed by atoms with Crippen molar-refractivity contribution >= 4 is 31.6 Å². The summed E-state index contributed by atoms with van der Waals surface area (Å²) in [6.45, 7) is 1.26. The number of nitrogens with one attached hydrogen (secondary N) is 1. The van der Waals surface area contributed by atoms with E-state index in [4.69, 9.17) is 16.3 Å². The van der Waals surface area contributed by atoms with Crippen LogP contribution in [0.2, 0.25) is 5.02 Å². The maximum atomic E-state index is 12.9. The van der Waals surface area contributed by atoms with Crippen molar-refractivity contribution in [3.8, 4) is 5.75 Å². The van der Waals surface area contributed by atoms with Crippen molar-refractivity contribution in [1.82, 2.24) is 9.03 Å². The lowest BCUT2D eigenvalue weighted by molar-refractivity contribution is 0.402. The van der Waals surface area contributed by atoms with Crippen LogP contribution in [0.15, 0.2) is 52.3 Å². The Hall–Kier alpha value is -1.65. The highest BCUT2D eigenvalue weighted by Gasteiger charge is 2.25. The van der Waals surface area contributed by atoms with Crippen LogP contribution >= 0.6 is 11.6 Å². The first-order valence-electron chi connectivity index (χ1n) is 10.2. The first-order valence-corrected chi connectivity index (χ1v) is 13.5. The predicted molar refractivity (Wildman–Crippen MR) is 121 cm³/mol. The second-order valence-electron chi connectivity index (χ2n) is 7.41. The molecule has 0 unspecified atom stereocenters. The topological polar surface area (TPSA) is 92.8 Å². The van der Waals surface area contributed by atoms with Gasteiger partial charge >= 0.3 is 0 Å². The maximum Gasteiger partial charge on any atom is 0.244 e. The summed E-state index contributed by atoms with van der Waals surface area (Å²) in [5.74, 6) is 0.208. The summed E-state index contributed by atoms with van der Waals surface area (Å²) in [5.41, 5.74) is 0.829. The molecule has 0 bridgehead atoms. The van der Waals surface area contributed by atoms with Gasteiger partial charge in [-0.25, -0.2) is 21.6 Å². The fourth-order valence-corrected chi connectivity index (χ4v) is 6.51. The van der Waals surface area contributed by atoms with E-state index in [1.165, 1.54) is 19.2 Å². The van der Waals surface area contributed by atoms with Gasteiger partial charge in [0.25, 0.3) is 0 Å². The summed E-state index contributed by atoms with van der Waals surface area (Å²) in [6.07, 6.45) is 4.29. The van der Waals surface area contributed by atoms with Crippen molar-refractivity contribution in [2.45, 2.75) is 41.9 Å². The lowest BCUT2D eigenvalue weighted by Gasteiger charge is -2.20. The molecule has 0 atom stereocenters. The number of nitrogens with zero attached hydrogens (tertiary/aromatic N) is 1. The summed E-state index contributed by atoms with van der Waals surface area (Å²) < 4.78 is 60.1. The number of sulfonamides is 2. The minimum atomic E-state index is -3.81. The summed E-state index contributed by atoms with van der Waals surface area (Å²) >= 11 is 5.93. The Morgan fingerprint density at radius 3 is 2.23 bits per heavy atom. The van der Waals surface area contributed by atoms with Gasteiger partial charge in [0, 0.05) is 24.7 Å². The molecule has 1 N–H and O–H groups in total. The molecule has 1 saturated heterocycles. The average Bonchev–Trinajstić information content (AvgIpc) is 3.04. The molecule has 0 radical (unpaired) electrons. The third kappa shape index (κ3) is 5.98. The number of halogens is 1. The van der Waals surface area contributed by atoms with Crippen molar-refractivity contribution < 1.29 is 21.6 Å². The SMILES string of the molecule is COc1ccc(Cl)cc1S(=O)(=O)NCCc1ccc(S(=O)(=O)N2CCCCCC2)cc1. The minimum absolute atomic E-state index is 0.0265. The van der Waals surface area contributed by atoms with Crippen molar-refractivity contribution in [2.75, 3.05) is 26.7 Å². The van der Waals surface area contributed by atoms with E-state index in [1.54, 1.807) is 34.6 Å². The molecule has 1 aliphatic heterocycles. The summed E-state index contributed by atoms with van der Waals surface area (Å²) in [7, 11) is -5.91. The lowest BCUT2D eigenvalue weighted by Crippen LogP contribution is -2.31.